The molecule has 0 bridgehead atoms. The van der Waals surface area contributed by atoms with Gasteiger partial charge in [-0.1, -0.05) is 17.7 Å². The molecule has 10 heteroatoms. The Kier molecular flexibility index (Phi) is 6.64. The van der Waals surface area contributed by atoms with E-state index >= 15 is 0 Å². The number of hydrogen-bond acceptors (Lipinski definition) is 8. The van der Waals surface area contributed by atoms with Crippen LogP contribution in [0.2, 0.25) is 5.02 Å². The number of carbonyl (C=O) groups is 1. The maximum atomic E-state index is 12.4. The molecule has 1 heterocycles. The van der Waals surface area contributed by atoms with Gasteiger partial charge in [-0.2, -0.15) is 0 Å². The van der Waals surface area contributed by atoms with Crippen LogP contribution in [0.15, 0.2) is 46.7 Å². The Balaban J connectivity index is 1.78. The highest BCUT2D eigenvalue weighted by Crippen LogP contribution is 2.39. The van der Waals surface area contributed by atoms with Gasteiger partial charge in [0.25, 0.3) is 0 Å². The summed E-state index contributed by atoms with van der Waals surface area (Å²) in [5.41, 5.74) is 1.26. The molecule has 0 aliphatic carbocycles. The molecule has 0 unspecified atom stereocenters. The normalized spacial score (nSPS) is 11.2. The molecule has 0 aliphatic rings. The summed E-state index contributed by atoms with van der Waals surface area (Å²) in [7, 11) is -0.380. The van der Waals surface area contributed by atoms with Crippen LogP contribution in [0.4, 0.5) is 0 Å². The van der Waals surface area contributed by atoms with Crippen molar-refractivity contribution >= 4 is 38.7 Å². The molecule has 0 saturated carbocycles. The number of esters is 1. The van der Waals surface area contributed by atoms with Gasteiger partial charge in [0.05, 0.1) is 41.0 Å². The summed E-state index contributed by atoms with van der Waals surface area (Å²) in [6.45, 7) is -0.0962. The van der Waals surface area contributed by atoms with E-state index in [2.05, 4.69) is 4.98 Å². The molecule has 3 rings (SSSR count). The summed E-state index contributed by atoms with van der Waals surface area (Å²) in [4.78, 5) is 16.9. The predicted octanol–water partition coefficient (Wildman–Crippen LogP) is 4.24. The molecule has 7 nitrogen and oxygen atoms in total. The third kappa shape index (κ3) is 4.75. The van der Waals surface area contributed by atoms with E-state index in [9.17, 15) is 13.2 Å². The van der Waals surface area contributed by atoms with Crippen LogP contribution >= 0.6 is 22.9 Å². The lowest BCUT2D eigenvalue weighted by Gasteiger charge is -2.10. The number of para-hydroxylation sites is 1. The van der Waals surface area contributed by atoms with E-state index in [1.54, 1.807) is 25.7 Å². The Labute approximate surface area is 183 Å². The largest absolute Gasteiger partial charge is 0.493 e. The topological polar surface area (TPSA) is 91.8 Å². The minimum atomic E-state index is -3.48. The fourth-order valence-corrected chi connectivity index (χ4v) is 4.33. The van der Waals surface area contributed by atoms with Crippen LogP contribution in [0.1, 0.15) is 16.1 Å². The number of nitrogens with zero attached hydrogens (tertiary/aromatic N) is 1. The molecule has 0 atom stereocenters. The van der Waals surface area contributed by atoms with E-state index in [4.69, 9.17) is 25.8 Å². The van der Waals surface area contributed by atoms with Gasteiger partial charge in [0.2, 0.25) is 0 Å². The molecule has 0 spiro atoms. The third-order valence-electron chi connectivity index (χ3n) is 4.12. The highest BCUT2D eigenvalue weighted by atomic mass is 35.5. The van der Waals surface area contributed by atoms with Gasteiger partial charge in [0.1, 0.15) is 11.6 Å². The summed E-state index contributed by atoms with van der Waals surface area (Å²) in [5.74, 6) is 0.403. The molecule has 0 saturated heterocycles. The van der Waals surface area contributed by atoms with Crippen molar-refractivity contribution in [2.45, 2.75) is 11.5 Å². The van der Waals surface area contributed by atoms with Crippen LogP contribution in [0.3, 0.4) is 0 Å². The van der Waals surface area contributed by atoms with Crippen LogP contribution in [0, 0.1) is 0 Å². The van der Waals surface area contributed by atoms with Gasteiger partial charge in [0.15, 0.2) is 21.3 Å². The molecule has 0 aliphatic heterocycles. The van der Waals surface area contributed by atoms with Crippen molar-refractivity contribution < 1.29 is 27.4 Å². The summed E-state index contributed by atoms with van der Waals surface area (Å²) >= 11 is 7.40. The standard InChI is InChI=1S/C20H18ClNO6S2/c1-26-17-6-4-5-14(18(17)27-2)19-22-12(11-29-19)10-28-20(23)15-9-13(30(3,24)25)7-8-16(15)21/h4-9,11H,10H2,1-3H3. The number of methoxy groups -OCH3 is 2. The Hall–Kier alpha value is -2.62. The molecule has 0 N–H and O–H groups in total. The van der Waals surface area contributed by atoms with E-state index in [0.29, 0.717) is 22.2 Å². The SMILES string of the molecule is COc1cccc(-c2nc(COC(=O)c3cc(S(C)(=O)=O)ccc3Cl)cs2)c1OC. The minimum absolute atomic E-state index is 0.0140. The number of sulfone groups is 1. The average Bonchev–Trinajstić information content (AvgIpc) is 3.19. The van der Waals surface area contributed by atoms with Crippen LogP contribution in [-0.2, 0) is 21.2 Å². The van der Waals surface area contributed by atoms with Gasteiger partial charge in [-0.3, -0.25) is 0 Å². The molecular formula is C20H18ClNO6S2. The van der Waals surface area contributed by atoms with Gasteiger partial charge in [-0.25, -0.2) is 18.2 Å². The first-order valence-electron chi connectivity index (χ1n) is 8.57. The summed E-state index contributed by atoms with van der Waals surface area (Å²) in [5, 5.41) is 2.54. The summed E-state index contributed by atoms with van der Waals surface area (Å²) in [6, 6.07) is 9.36. The van der Waals surface area contributed by atoms with E-state index in [1.807, 2.05) is 12.1 Å². The average molecular weight is 468 g/mol. The summed E-state index contributed by atoms with van der Waals surface area (Å²) < 4.78 is 39.4. The van der Waals surface area contributed by atoms with Crippen LogP contribution < -0.4 is 9.47 Å². The van der Waals surface area contributed by atoms with Crippen LogP contribution in [0.5, 0.6) is 11.5 Å². The number of rotatable bonds is 7. The zero-order valence-corrected chi connectivity index (χ0v) is 18.7. The van der Waals surface area contributed by atoms with Crippen molar-refractivity contribution in [3.05, 3.63) is 58.1 Å². The summed E-state index contributed by atoms with van der Waals surface area (Å²) in [6.07, 6.45) is 1.05. The van der Waals surface area contributed by atoms with Gasteiger partial charge >= 0.3 is 5.97 Å². The van der Waals surface area contributed by atoms with Crippen molar-refractivity contribution in [2.75, 3.05) is 20.5 Å². The number of aromatic nitrogens is 1. The monoisotopic (exact) mass is 467 g/mol. The van der Waals surface area contributed by atoms with Crippen molar-refractivity contribution in [2.24, 2.45) is 0 Å². The van der Waals surface area contributed by atoms with E-state index in [1.165, 1.54) is 29.5 Å². The molecule has 3 aromatic rings. The minimum Gasteiger partial charge on any atom is -0.493 e. The zero-order chi connectivity index (χ0) is 21.9. The fourth-order valence-electron chi connectivity index (χ4n) is 2.66. The Morgan fingerprint density at radius 3 is 2.60 bits per heavy atom. The number of ether oxygens (including phenoxy) is 3. The molecule has 2 aromatic carbocycles. The first-order valence-corrected chi connectivity index (χ1v) is 11.7. The molecular weight excluding hydrogens is 450 g/mol. The second-order valence-electron chi connectivity index (χ2n) is 6.18. The van der Waals surface area contributed by atoms with Gasteiger partial charge < -0.3 is 14.2 Å². The molecule has 0 radical (unpaired) electrons. The van der Waals surface area contributed by atoms with Crippen molar-refractivity contribution in [3.8, 4) is 22.1 Å². The van der Waals surface area contributed by atoms with Gasteiger partial charge in [-0.15, -0.1) is 11.3 Å². The maximum absolute atomic E-state index is 12.4. The Morgan fingerprint density at radius 2 is 1.93 bits per heavy atom. The predicted molar refractivity (Wildman–Crippen MR) is 114 cm³/mol. The second kappa shape index (κ2) is 9.03. The van der Waals surface area contributed by atoms with Gasteiger partial charge in [-0.05, 0) is 30.3 Å². The number of carbonyl (C=O) groups excluding carboxylic acids is 1. The highest BCUT2D eigenvalue weighted by Gasteiger charge is 2.18. The fraction of sp³-hybridized carbons (Fsp3) is 0.200. The van der Waals surface area contributed by atoms with Crippen molar-refractivity contribution in [1.82, 2.24) is 4.98 Å². The smallest absolute Gasteiger partial charge is 0.340 e. The first-order chi connectivity index (χ1) is 14.2. The Bertz CT molecular complexity index is 1190. The lowest BCUT2D eigenvalue weighted by Crippen LogP contribution is -2.08. The molecule has 0 fully saturated rings. The first kappa shape index (κ1) is 22.1. The van der Waals surface area contributed by atoms with Crippen LogP contribution in [0.25, 0.3) is 10.6 Å². The Morgan fingerprint density at radius 1 is 1.17 bits per heavy atom. The van der Waals surface area contributed by atoms with E-state index < -0.39 is 15.8 Å². The number of benzene rings is 2. The number of hydrogen-bond donors (Lipinski definition) is 0. The maximum Gasteiger partial charge on any atom is 0.340 e. The van der Waals surface area contributed by atoms with E-state index in [-0.39, 0.29) is 22.1 Å². The van der Waals surface area contributed by atoms with Crippen molar-refractivity contribution in [1.29, 1.82) is 0 Å². The third-order valence-corrected chi connectivity index (χ3v) is 6.49. The number of halogens is 1. The van der Waals surface area contributed by atoms with Gasteiger partial charge in [0, 0.05) is 11.6 Å². The lowest BCUT2D eigenvalue weighted by molar-refractivity contribution is 0.0468. The second-order valence-corrected chi connectivity index (χ2v) is 9.46. The molecule has 1 aromatic heterocycles. The molecule has 0 amide bonds. The lowest BCUT2D eigenvalue weighted by atomic mass is 10.2. The number of thiazole rings is 1. The van der Waals surface area contributed by atoms with Crippen molar-refractivity contribution in [3.63, 3.8) is 0 Å². The van der Waals surface area contributed by atoms with E-state index in [0.717, 1.165) is 11.8 Å². The quantitative estimate of drug-likeness (QED) is 0.480. The highest BCUT2D eigenvalue weighted by molar-refractivity contribution is 7.90. The molecule has 158 valence electrons. The zero-order valence-electron chi connectivity index (χ0n) is 16.3. The van der Waals surface area contributed by atoms with Crippen LogP contribution in [-0.4, -0.2) is 39.8 Å². The molecule has 30 heavy (non-hydrogen) atoms.